The van der Waals surface area contributed by atoms with Gasteiger partial charge in [0.15, 0.2) is 0 Å². The number of anilines is 1. The van der Waals surface area contributed by atoms with Crippen molar-refractivity contribution >= 4 is 33.2 Å². The van der Waals surface area contributed by atoms with Crippen LogP contribution in [0.1, 0.15) is 53.4 Å². The number of likely N-dealkylation sites (tertiary alicyclic amines) is 1. The molecule has 34 heavy (non-hydrogen) atoms. The second-order valence-corrected chi connectivity index (χ2v) is 11.5. The van der Waals surface area contributed by atoms with Crippen LogP contribution in [0.2, 0.25) is 0 Å². The fraction of sp³-hybridized carbons (Fsp3) is 0.591. The van der Waals surface area contributed by atoms with E-state index in [1.807, 2.05) is 11.4 Å². The molecule has 1 saturated carbocycles. The van der Waals surface area contributed by atoms with Crippen LogP contribution in [-0.4, -0.2) is 66.0 Å². The topological polar surface area (TPSA) is 148 Å². The van der Waals surface area contributed by atoms with Crippen molar-refractivity contribution in [1.82, 2.24) is 14.9 Å². The third-order valence-corrected chi connectivity index (χ3v) is 7.87. The summed E-state index contributed by atoms with van der Waals surface area (Å²) in [5, 5.41) is 20.4. The zero-order valence-electron chi connectivity index (χ0n) is 19.1. The SMILES string of the molecule is C[C@H]1CCCN(Cc2csc(C(=O)c3cncnc3N[C@@H]3C[C@H](COS(N)(=O)=O)[C@@H](O)C3)c2)C1. The lowest BCUT2D eigenvalue weighted by molar-refractivity contribution is 0.101. The molecule has 1 saturated heterocycles. The Morgan fingerprint density at radius 1 is 1.41 bits per heavy atom. The third-order valence-electron chi connectivity index (χ3n) is 6.43. The Morgan fingerprint density at radius 3 is 3.00 bits per heavy atom. The Bertz CT molecular complexity index is 1110. The predicted molar refractivity (Wildman–Crippen MR) is 129 cm³/mol. The van der Waals surface area contributed by atoms with E-state index in [-0.39, 0.29) is 18.4 Å². The van der Waals surface area contributed by atoms with Gasteiger partial charge in [-0.05, 0) is 55.2 Å². The van der Waals surface area contributed by atoms with Gasteiger partial charge < -0.3 is 10.4 Å². The van der Waals surface area contributed by atoms with Gasteiger partial charge in [-0.2, -0.15) is 8.42 Å². The van der Waals surface area contributed by atoms with Crippen molar-refractivity contribution in [1.29, 1.82) is 0 Å². The van der Waals surface area contributed by atoms with Gasteiger partial charge in [0.05, 0.1) is 23.2 Å². The number of aromatic nitrogens is 2. The molecule has 4 rings (SSSR count). The number of ketones is 1. The molecule has 0 unspecified atom stereocenters. The molecule has 1 aliphatic carbocycles. The number of aliphatic hydroxyl groups excluding tert-OH is 1. The summed E-state index contributed by atoms with van der Waals surface area (Å²) in [6.07, 6.45) is 5.40. The molecule has 1 aliphatic heterocycles. The highest BCUT2D eigenvalue weighted by Crippen LogP contribution is 2.30. The zero-order valence-corrected chi connectivity index (χ0v) is 20.7. The van der Waals surface area contributed by atoms with Gasteiger partial charge in [0, 0.05) is 31.2 Å². The predicted octanol–water partition coefficient (Wildman–Crippen LogP) is 1.77. The maximum Gasteiger partial charge on any atom is 0.333 e. The van der Waals surface area contributed by atoms with E-state index in [1.165, 1.54) is 36.7 Å². The van der Waals surface area contributed by atoms with E-state index in [0.29, 0.717) is 35.0 Å². The number of piperidine rings is 1. The van der Waals surface area contributed by atoms with Crippen LogP contribution >= 0.6 is 11.3 Å². The highest BCUT2D eigenvalue weighted by molar-refractivity contribution is 7.84. The Labute approximate surface area is 203 Å². The maximum absolute atomic E-state index is 13.3. The van der Waals surface area contributed by atoms with E-state index in [0.717, 1.165) is 25.2 Å². The van der Waals surface area contributed by atoms with Crippen molar-refractivity contribution in [2.75, 3.05) is 25.0 Å². The van der Waals surface area contributed by atoms with Gasteiger partial charge in [0.1, 0.15) is 12.1 Å². The molecule has 4 N–H and O–H groups in total. The number of nitrogens with zero attached hydrogens (tertiary/aromatic N) is 3. The quantitative estimate of drug-likeness (QED) is 0.430. The molecule has 0 amide bonds. The molecule has 0 aromatic carbocycles. The molecule has 0 spiro atoms. The number of rotatable bonds is 9. The molecule has 12 heteroatoms. The summed E-state index contributed by atoms with van der Waals surface area (Å²) >= 11 is 1.42. The maximum atomic E-state index is 13.3. The number of thiophene rings is 1. The van der Waals surface area contributed by atoms with Crippen molar-refractivity contribution < 1.29 is 22.5 Å². The summed E-state index contributed by atoms with van der Waals surface area (Å²) in [5.74, 6) is 0.543. The van der Waals surface area contributed by atoms with Gasteiger partial charge in [-0.25, -0.2) is 15.1 Å². The van der Waals surface area contributed by atoms with Gasteiger partial charge in [-0.15, -0.1) is 11.3 Å². The lowest BCUT2D eigenvalue weighted by Crippen LogP contribution is -2.33. The molecule has 2 aromatic rings. The number of nitrogens with one attached hydrogen (secondary N) is 1. The van der Waals surface area contributed by atoms with Crippen molar-refractivity contribution in [3.05, 3.63) is 40.0 Å². The van der Waals surface area contributed by atoms with Crippen molar-refractivity contribution in [3.63, 3.8) is 0 Å². The molecule has 0 bridgehead atoms. The van der Waals surface area contributed by atoms with Crippen LogP contribution < -0.4 is 10.5 Å². The Kier molecular flexibility index (Phi) is 7.95. The van der Waals surface area contributed by atoms with E-state index < -0.39 is 22.3 Å². The van der Waals surface area contributed by atoms with Crippen LogP contribution in [0.3, 0.4) is 0 Å². The van der Waals surface area contributed by atoms with E-state index >= 15 is 0 Å². The van der Waals surface area contributed by atoms with E-state index in [4.69, 9.17) is 5.14 Å². The fourth-order valence-corrected chi connectivity index (χ4v) is 6.01. The first kappa shape index (κ1) is 25.1. The summed E-state index contributed by atoms with van der Waals surface area (Å²) in [7, 11) is -4.07. The number of aliphatic hydroxyl groups is 1. The second kappa shape index (κ2) is 10.8. The minimum absolute atomic E-state index is 0.154. The standard InChI is InChI=1S/C22H31N5O5S2/c1-14-3-2-4-27(9-14)10-15-5-20(33-12-15)21(29)18-8-24-13-25-22(18)26-17-6-16(19(28)7-17)11-32-34(23,30)31/h5,8,12-14,16-17,19,28H,2-4,6-7,9-11H2,1H3,(H2,23,30,31)(H,24,25,26)/t14-,16+,17+,19-/m0/s1. The number of nitrogens with two attached hydrogens (primary N) is 1. The number of hydrogen-bond acceptors (Lipinski definition) is 10. The van der Waals surface area contributed by atoms with Crippen molar-refractivity contribution in [3.8, 4) is 0 Å². The van der Waals surface area contributed by atoms with Gasteiger partial charge in [0.2, 0.25) is 5.78 Å². The zero-order chi connectivity index (χ0) is 24.3. The Hall–Kier alpha value is -1.96. The highest BCUT2D eigenvalue weighted by atomic mass is 32.2. The van der Waals surface area contributed by atoms with Gasteiger partial charge in [-0.1, -0.05) is 6.92 Å². The average Bonchev–Trinajstić information content (AvgIpc) is 3.38. The summed E-state index contributed by atoms with van der Waals surface area (Å²) in [6, 6.07) is 1.74. The Morgan fingerprint density at radius 2 is 2.24 bits per heavy atom. The van der Waals surface area contributed by atoms with Crippen LogP contribution in [0.5, 0.6) is 0 Å². The van der Waals surface area contributed by atoms with Gasteiger partial charge in [-0.3, -0.25) is 13.9 Å². The van der Waals surface area contributed by atoms with Crippen LogP contribution in [0.25, 0.3) is 0 Å². The molecule has 3 heterocycles. The minimum Gasteiger partial charge on any atom is -0.393 e. The molecular weight excluding hydrogens is 478 g/mol. The fourth-order valence-electron chi connectivity index (χ4n) is 4.78. The first-order valence-electron chi connectivity index (χ1n) is 11.4. The smallest absolute Gasteiger partial charge is 0.333 e. The number of carbonyl (C=O) groups excluding carboxylic acids is 1. The molecule has 2 aromatic heterocycles. The highest BCUT2D eigenvalue weighted by Gasteiger charge is 2.35. The van der Waals surface area contributed by atoms with E-state index in [1.54, 1.807) is 0 Å². The third kappa shape index (κ3) is 6.58. The lowest BCUT2D eigenvalue weighted by Gasteiger charge is -2.30. The first-order valence-corrected chi connectivity index (χ1v) is 13.8. The summed E-state index contributed by atoms with van der Waals surface area (Å²) in [5.41, 5.74) is 1.49. The van der Waals surface area contributed by atoms with Crippen molar-refractivity contribution in [2.45, 2.75) is 51.3 Å². The monoisotopic (exact) mass is 509 g/mol. The van der Waals surface area contributed by atoms with Crippen LogP contribution in [0.4, 0.5) is 5.82 Å². The summed E-state index contributed by atoms with van der Waals surface area (Å²) in [4.78, 5) is 24.6. The second-order valence-electron chi connectivity index (χ2n) is 9.33. The number of hydrogen-bond donors (Lipinski definition) is 3. The molecule has 10 nitrogen and oxygen atoms in total. The number of carbonyl (C=O) groups is 1. The molecule has 2 aliphatic rings. The molecule has 0 radical (unpaired) electrons. The molecule has 4 atom stereocenters. The minimum atomic E-state index is -4.07. The van der Waals surface area contributed by atoms with Crippen LogP contribution in [0, 0.1) is 11.8 Å². The summed E-state index contributed by atoms with van der Waals surface area (Å²) < 4.78 is 26.7. The first-order chi connectivity index (χ1) is 16.2. The van der Waals surface area contributed by atoms with Gasteiger partial charge in [0.25, 0.3) is 0 Å². The summed E-state index contributed by atoms with van der Waals surface area (Å²) in [6.45, 7) is 5.09. The van der Waals surface area contributed by atoms with E-state index in [2.05, 4.69) is 31.3 Å². The lowest BCUT2D eigenvalue weighted by atomic mass is 10.00. The largest absolute Gasteiger partial charge is 0.393 e. The average molecular weight is 510 g/mol. The Balaban J connectivity index is 1.40. The normalized spacial score (nSPS) is 26.0. The molecule has 2 fully saturated rings. The van der Waals surface area contributed by atoms with Crippen LogP contribution in [-0.2, 0) is 21.0 Å². The van der Waals surface area contributed by atoms with Gasteiger partial charge >= 0.3 is 10.3 Å². The van der Waals surface area contributed by atoms with E-state index in [9.17, 15) is 18.3 Å². The molecular formula is C22H31N5O5S2. The van der Waals surface area contributed by atoms with Crippen LogP contribution in [0.15, 0.2) is 24.0 Å². The molecule has 186 valence electrons. The van der Waals surface area contributed by atoms with Crippen molar-refractivity contribution in [2.24, 2.45) is 17.0 Å².